The number of nitrogens with one attached hydrogen (secondary N) is 1. The predicted octanol–water partition coefficient (Wildman–Crippen LogP) is 2.06. The molecule has 3 heteroatoms. The summed E-state index contributed by atoms with van der Waals surface area (Å²) in [6, 6.07) is 0.781. The SMILES string of the molecule is CC(C)Cc1nc2c(n1C1CC1)CCNC2. The van der Waals surface area contributed by atoms with E-state index in [0.717, 1.165) is 32.0 Å². The molecule has 1 fully saturated rings. The van der Waals surface area contributed by atoms with Gasteiger partial charge in [-0.2, -0.15) is 0 Å². The largest absolute Gasteiger partial charge is 0.329 e. The lowest BCUT2D eigenvalue weighted by Gasteiger charge is -2.16. The summed E-state index contributed by atoms with van der Waals surface area (Å²) >= 11 is 0. The molecule has 2 heterocycles. The van der Waals surface area contributed by atoms with Crippen LogP contribution in [-0.4, -0.2) is 16.1 Å². The van der Waals surface area contributed by atoms with E-state index in [1.54, 1.807) is 0 Å². The molecule has 1 saturated carbocycles. The molecule has 2 aliphatic rings. The first-order valence-electron chi connectivity index (χ1n) is 6.55. The fourth-order valence-electron chi connectivity index (χ4n) is 2.66. The van der Waals surface area contributed by atoms with Crippen molar-refractivity contribution < 1.29 is 0 Å². The van der Waals surface area contributed by atoms with Gasteiger partial charge in [-0.15, -0.1) is 0 Å². The van der Waals surface area contributed by atoms with E-state index < -0.39 is 0 Å². The molecule has 1 aromatic heterocycles. The van der Waals surface area contributed by atoms with Gasteiger partial charge in [-0.1, -0.05) is 13.8 Å². The van der Waals surface area contributed by atoms with Gasteiger partial charge in [-0.05, 0) is 18.8 Å². The Balaban J connectivity index is 1.98. The number of nitrogens with zero attached hydrogens (tertiary/aromatic N) is 2. The summed E-state index contributed by atoms with van der Waals surface area (Å²) in [5.74, 6) is 2.04. The first-order valence-corrected chi connectivity index (χ1v) is 6.55. The molecule has 0 atom stereocenters. The maximum atomic E-state index is 4.85. The second-order valence-electron chi connectivity index (χ2n) is 5.55. The van der Waals surface area contributed by atoms with Gasteiger partial charge >= 0.3 is 0 Å². The van der Waals surface area contributed by atoms with E-state index >= 15 is 0 Å². The zero-order valence-electron chi connectivity index (χ0n) is 10.3. The van der Waals surface area contributed by atoms with Crippen molar-refractivity contribution in [1.82, 2.24) is 14.9 Å². The Morgan fingerprint density at radius 2 is 2.25 bits per heavy atom. The van der Waals surface area contributed by atoms with Crippen LogP contribution in [0.5, 0.6) is 0 Å². The molecule has 0 unspecified atom stereocenters. The Kier molecular flexibility index (Phi) is 2.51. The molecule has 1 N–H and O–H groups in total. The van der Waals surface area contributed by atoms with Crippen molar-refractivity contribution >= 4 is 0 Å². The Morgan fingerprint density at radius 3 is 2.94 bits per heavy atom. The Labute approximate surface area is 97.3 Å². The van der Waals surface area contributed by atoms with Crippen LogP contribution in [0, 0.1) is 5.92 Å². The normalized spacial score (nSPS) is 20.2. The first kappa shape index (κ1) is 10.3. The maximum absolute atomic E-state index is 4.85. The van der Waals surface area contributed by atoms with Gasteiger partial charge in [-0.25, -0.2) is 4.98 Å². The van der Waals surface area contributed by atoms with Crippen molar-refractivity contribution in [3.63, 3.8) is 0 Å². The van der Waals surface area contributed by atoms with E-state index in [9.17, 15) is 0 Å². The van der Waals surface area contributed by atoms with E-state index in [1.807, 2.05) is 0 Å². The van der Waals surface area contributed by atoms with Crippen LogP contribution in [0.15, 0.2) is 0 Å². The average molecular weight is 219 g/mol. The lowest BCUT2D eigenvalue weighted by molar-refractivity contribution is 0.557. The molecule has 3 rings (SSSR count). The minimum Gasteiger partial charge on any atom is -0.329 e. The van der Waals surface area contributed by atoms with Crippen molar-refractivity contribution in [3.8, 4) is 0 Å². The summed E-state index contributed by atoms with van der Waals surface area (Å²) in [7, 11) is 0. The van der Waals surface area contributed by atoms with Crippen LogP contribution < -0.4 is 5.32 Å². The summed E-state index contributed by atoms with van der Waals surface area (Å²) in [6.07, 6.45) is 5.02. The Bertz CT molecular complexity index is 388. The van der Waals surface area contributed by atoms with Gasteiger partial charge in [0, 0.05) is 37.7 Å². The van der Waals surface area contributed by atoms with Gasteiger partial charge in [0.15, 0.2) is 0 Å². The summed E-state index contributed by atoms with van der Waals surface area (Å²) in [5.41, 5.74) is 2.84. The predicted molar refractivity (Wildman–Crippen MR) is 64.5 cm³/mol. The van der Waals surface area contributed by atoms with Crippen molar-refractivity contribution in [3.05, 3.63) is 17.2 Å². The third-order valence-electron chi connectivity index (χ3n) is 3.50. The van der Waals surface area contributed by atoms with Crippen LogP contribution in [0.3, 0.4) is 0 Å². The molecular weight excluding hydrogens is 198 g/mol. The summed E-state index contributed by atoms with van der Waals surface area (Å²) in [5, 5.41) is 3.42. The standard InChI is InChI=1S/C13H21N3/c1-9(2)7-13-15-11-8-14-6-5-12(11)16(13)10-3-4-10/h9-10,14H,3-8H2,1-2H3. The highest BCUT2D eigenvalue weighted by atomic mass is 15.2. The number of hydrogen-bond donors (Lipinski definition) is 1. The van der Waals surface area contributed by atoms with Gasteiger partial charge in [-0.3, -0.25) is 0 Å². The van der Waals surface area contributed by atoms with Crippen molar-refractivity contribution in [2.75, 3.05) is 6.54 Å². The van der Waals surface area contributed by atoms with E-state index in [1.165, 1.54) is 30.1 Å². The molecule has 16 heavy (non-hydrogen) atoms. The second-order valence-corrected chi connectivity index (χ2v) is 5.55. The molecule has 0 bridgehead atoms. The second kappa shape index (κ2) is 3.88. The fourth-order valence-corrected chi connectivity index (χ4v) is 2.66. The van der Waals surface area contributed by atoms with E-state index in [2.05, 4.69) is 23.7 Å². The maximum Gasteiger partial charge on any atom is 0.109 e. The third kappa shape index (κ3) is 1.77. The molecule has 0 radical (unpaired) electrons. The first-order chi connectivity index (χ1) is 7.75. The monoisotopic (exact) mass is 219 g/mol. The number of imidazole rings is 1. The van der Waals surface area contributed by atoms with Crippen LogP contribution in [0.4, 0.5) is 0 Å². The summed E-state index contributed by atoms with van der Waals surface area (Å²) in [4.78, 5) is 4.85. The van der Waals surface area contributed by atoms with Gasteiger partial charge in [0.1, 0.15) is 5.82 Å². The average Bonchev–Trinajstić information content (AvgIpc) is 3.00. The molecule has 1 aliphatic carbocycles. The smallest absolute Gasteiger partial charge is 0.109 e. The lowest BCUT2D eigenvalue weighted by atomic mass is 10.1. The van der Waals surface area contributed by atoms with Crippen LogP contribution in [0.25, 0.3) is 0 Å². The molecule has 88 valence electrons. The Hall–Kier alpha value is -0.830. The van der Waals surface area contributed by atoms with Crippen LogP contribution in [-0.2, 0) is 19.4 Å². The van der Waals surface area contributed by atoms with Gasteiger partial charge < -0.3 is 9.88 Å². The van der Waals surface area contributed by atoms with Crippen LogP contribution in [0.1, 0.15) is 49.9 Å². The molecule has 1 aromatic rings. The van der Waals surface area contributed by atoms with E-state index in [4.69, 9.17) is 4.98 Å². The quantitative estimate of drug-likeness (QED) is 0.843. The van der Waals surface area contributed by atoms with Gasteiger partial charge in [0.25, 0.3) is 0 Å². The number of rotatable bonds is 3. The van der Waals surface area contributed by atoms with Crippen molar-refractivity contribution in [2.45, 2.75) is 52.1 Å². The van der Waals surface area contributed by atoms with Crippen LogP contribution >= 0.6 is 0 Å². The molecule has 0 spiro atoms. The molecule has 0 aromatic carbocycles. The topological polar surface area (TPSA) is 29.9 Å². The third-order valence-corrected chi connectivity index (χ3v) is 3.50. The number of aromatic nitrogens is 2. The molecule has 1 aliphatic heterocycles. The summed E-state index contributed by atoms with van der Waals surface area (Å²) < 4.78 is 2.57. The van der Waals surface area contributed by atoms with E-state index in [-0.39, 0.29) is 0 Å². The molecular formula is C13H21N3. The van der Waals surface area contributed by atoms with Gasteiger partial charge in [0.05, 0.1) is 5.69 Å². The Morgan fingerprint density at radius 1 is 1.44 bits per heavy atom. The number of fused-ring (bicyclic) bond motifs is 1. The van der Waals surface area contributed by atoms with Crippen molar-refractivity contribution in [2.24, 2.45) is 5.92 Å². The van der Waals surface area contributed by atoms with Gasteiger partial charge in [0.2, 0.25) is 0 Å². The molecule has 0 saturated heterocycles. The van der Waals surface area contributed by atoms with E-state index in [0.29, 0.717) is 5.92 Å². The zero-order valence-corrected chi connectivity index (χ0v) is 10.3. The highest BCUT2D eigenvalue weighted by Gasteiger charge is 2.31. The van der Waals surface area contributed by atoms with Crippen molar-refractivity contribution in [1.29, 1.82) is 0 Å². The lowest BCUT2D eigenvalue weighted by Crippen LogP contribution is -2.25. The molecule has 0 amide bonds. The zero-order chi connectivity index (χ0) is 11.1. The highest BCUT2D eigenvalue weighted by molar-refractivity contribution is 5.22. The fraction of sp³-hybridized carbons (Fsp3) is 0.769. The number of hydrogen-bond acceptors (Lipinski definition) is 2. The molecule has 3 nitrogen and oxygen atoms in total. The summed E-state index contributed by atoms with van der Waals surface area (Å²) in [6.45, 7) is 6.65. The minimum absolute atomic E-state index is 0.703. The minimum atomic E-state index is 0.703. The van der Waals surface area contributed by atoms with Crippen LogP contribution in [0.2, 0.25) is 0 Å². The highest BCUT2D eigenvalue weighted by Crippen LogP contribution is 2.38.